The molecule has 1 aromatic rings. The highest BCUT2D eigenvalue weighted by Gasteiger charge is 2.20. The molecule has 1 aromatic carbocycles. The Morgan fingerprint density at radius 2 is 1.94 bits per heavy atom. The Morgan fingerprint density at radius 1 is 1.38 bits per heavy atom. The van der Waals surface area contributed by atoms with Crippen LogP contribution in [0, 0.1) is 5.92 Å². The van der Waals surface area contributed by atoms with Gasteiger partial charge < -0.3 is 15.9 Å². The molecule has 0 aliphatic heterocycles. The van der Waals surface area contributed by atoms with E-state index in [-0.39, 0.29) is 13.0 Å². The van der Waals surface area contributed by atoms with E-state index >= 15 is 0 Å². The number of carboxylic acids is 1. The monoisotopic (exact) mass is 243 g/mol. The molecule has 0 unspecified atom stereocenters. The first-order valence-corrected chi connectivity index (χ1v) is 5.28. The van der Waals surface area contributed by atoms with Gasteiger partial charge in [0, 0.05) is 11.6 Å². The lowest BCUT2D eigenvalue weighted by molar-refractivity contribution is -0.142. The third-order valence-corrected chi connectivity index (χ3v) is 2.65. The van der Waals surface area contributed by atoms with Crippen LogP contribution in [-0.4, -0.2) is 22.7 Å². The second-order valence-corrected chi connectivity index (χ2v) is 4.01. The number of rotatable bonds is 5. The molecule has 0 aliphatic rings. The maximum absolute atomic E-state index is 10.7. The summed E-state index contributed by atoms with van der Waals surface area (Å²) in [5.74, 6) is -1.72. The fourth-order valence-corrected chi connectivity index (χ4v) is 1.51. The molecule has 88 valence electrons. The van der Waals surface area contributed by atoms with E-state index in [2.05, 4.69) is 0 Å². The number of aliphatic hydroxyl groups is 1. The smallest absolute Gasteiger partial charge is 0.307 e. The number of aliphatic hydroxyl groups excluding tert-OH is 1. The molecule has 0 aromatic heterocycles. The minimum Gasteiger partial charge on any atom is -0.481 e. The van der Waals surface area contributed by atoms with E-state index < -0.39 is 18.0 Å². The van der Waals surface area contributed by atoms with Crippen LogP contribution in [-0.2, 0) is 4.79 Å². The average molecular weight is 244 g/mol. The zero-order valence-corrected chi connectivity index (χ0v) is 9.39. The number of hydrogen-bond donors (Lipinski definition) is 3. The van der Waals surface area contributed by atoms with Gasteiger partial charge in [-0.2, -0.15) is 0 Å². The van der Waals surface area contributed by atoms with Gasteiger partial charge in [0.1, 0.15) is 0 Å². The predicted octanol–water partition coefficient (Wildman–Crippen LogP) is 1.42. The summed E-state index contributed by atoms with van der Waals surface area (Å²) in [6, 6.07) is 6.64. The molecule has 0 saturated heterocycles. The maximum atomic E-state index is 10.7. The normalized spacial score (nSPS) is 14.4. The molecule has 1 rings (SSSR count). The minimum absolute atomic E-state index is 0.0139. The number of carboxylic acid groups (broad SMARTS) is 1. The van der Waals surface area contributed by atoms with Gasteiger partial charge in [-0.1, -0.05) is 23.7 Å². The highest BCUT2D eigenvalue weighted by molar-refractivity contribution is 6.30. The summed E-state index contributed by atoms with van der Waals surface area (Å²) in [6.07, 6.45) is -0.727. The number of carbonyl (C=O) groups is 1. The Kier molecular flexibility index (Phi) is 4.73. The molecule has 0 amide bonds. The zero-order chi connectivity index (χ0) is 12.1. The molecular formula is C11H14ClNO3. The molecule has 0 saturated carbocycles. The Hall–Kier alpha value is -1.10. The van der Waals surface area contributed by atoms with E-state index in [4.69, 9.17) is 22.4 Å². The van der Waals surface area contributed by atoms with Crippen LogP contribution < -0.4 is 5.73 Å². The second kappa shape index (κ2) is 5.84. The van der Waals surface area contributed by atoms with Crippen molar-refractivity contribution in [1.29, 1.82) is 0 Å². The van der Waals surface area contributed by atoms with Crippen molar-refractivity contribution in [2.75, 3.05) is 6.54 Å². The Balaban J connectivity index is 2.67. The van der Waals surface area contributed by atoms with Crippen molar-refractivity contribution in [2.45, 2.75) is 12.5 Å². The maximum Gasteiger partial charge on any atom is 0.307 e. The van der Waals surface area contributed by atoms with Crippen molar-refractivity contribution in [3.8, 4) is 0 Å². The van der Waals surface area contributed by atoms with Gasteiger partial charge in [-0.15, -0.1) is 0 Å². The van der Waals surface area contributed by atoms with Crippen LogP contribution in [0.3, 0.4) is 0 Å². The van der Waals surface area contributed by atoms with Crippen LogP contribution >= 0.6 is 11.6 Å². The number of halogens is 1. The van der Waals surface area contributed by atoms with Crippen LogP contribution in [0.2, 0.25) is 5.02 Å². The molecule has 0 bridgehead atoms. The summed E-state index contributed by atoms with van der Waals surface area (Å²) in [7, 11) is 0. The van der Waals surface area contributed by atoms with Crippen molar-refractivity contribution in [2.24, 2.45) is 11.7 Å². The van der Waals surface area contributed by atoms with Gasteiger partial charge >= 0.3 is 5.97 Å². The van der Waals surface area contributed by atoms with Crippen LogP contribution in [0.15, 0.2) is 24.3 Å². The molecule has 0 fully saturated rings. The van der Waals surface area contributed by atoms with Gasteiger partial charge in [0.15, 0.2) is 0 Å². The topological polar surface area (TPSA) is 83.5 Å². The molecule has 4 N–H and O–H groups in total. The summed E-state index contributed by atoms with van der Waals surface area (Å²) in [5.41, 5.74) is 5.95. The van der Waals surface area contributed by atoms with Gasteiger partial charge in [0.2, 0.25) is 0 Å². The lowest BCUT2D eigenvalue weighted by atomic mass is 9.97. The van der Waals surface area contributed by atoms with Gasteiger partial charge in [-0.25, -0.2) is 0 Å². The summed E-state index contributed by atoms with van der Waals surface area (Å²) >= 11 is 5.70. The predicted molar refractivity (Wildman–Crippen MR) is 61.2 cm³/mol. The molecular weight excluding hydrogens is 230 g/mol. The van der Waals surface area contributed by atoms with E-state index in [1.54, 1.807) is 24.3 Å². The summed E-state index contributed by atoms with van der Waals surface area (Å²) in [6.45, 7) is 0.0139. The molecule has 2 atom stereocenters. The Labute approximate surface area is 98.6 Å². The van der Waals surface area contributed by atoms with Crippen molar-refractivity contribution < 1.29 is 15.0 Å². The second-order valence-electron chi connectivity index (χ2n) is 3.57. The van der Waals surface area contributed by atoms with Crippen LogP contribution in [0.4, 0.5) is 0 Å². The van der Waals surface area contributed by atoms with Gasteiger partial charge in [-0.3, -0.25) is 4.79 Å². The van der Waals surface area contributed by atoms with E-state index in [9.17, 15) is 9.90 Å². The standard InChI is InChI=1S/C11H14ClNO3/c12-9-3-1-7(2-4-9)10(14)5-8(6-13)11(15)16/h1-4,8,10,14H,5-6,13H2,(H,15,16)/t8-,10+/m0/s1. The highest BCUT2D eigenvalue weighted by Crippen LogP contribution is 2.22. The molecule has 16 heavy (non-hydrogen) atoms. The number of hydrogen-bond acceptors (Lipinski definition) is 3. The van der Waals surface area contributed by atoms with Crippen molar-refractivity contribution in [3.63, 3.8) is 0 Å². The fourth-order valence-electron chi connectivity index (χ4n) is 1.39. The van der Waals surface area contributed by atoms with E-state index in [1.165, 1.54) is 0 Å². The Morgan fingerprint density at radius 3 is 2.38 bits per heavy atom. The lowest BCUT2D eigenvalue weighted by Crippen LogP contribution is -2.25. The van der Waals surface area contributed by atoms with Gasteiger partial charge in [-0.05, 0) is 24.1 Å². The third-order valence-electron chi connectivity index (χ3n) is 2.40. The molecule has 0 aliphatic carbocycles. The third kappa shape index (κ3) is 3.48. The molecule has 4 nitrogen and oxygen atoms in total. The lowest BCUT2D eigenvalue weighted by Gasteiger charge is -2.15. The summed E-state index contributed by atoms with van der Waals surface area (Å²) in [4.78, 5) is 10.7. The van der Waals surface area contributed by atoms with E-state index in [1.807, 2.05) is 0 Å². The Bertz CT molecular complexity index is 353. The minimum atomic E-state index is -0.990. The molecule has 0 heterocycles. The van der Waals surface area contributed by atoms with Crippen molar-refractivity contribution in [1.82, 2.24) is 0 Å². The van der Waals surface area contributed by atoms with E-state index in [0.717, 1.165) is 0 Å². The first-order valence-electron chi connectivity index (χ1n) is 4.91. The van der Waals surface area contributed by atoms with Crippen LogP contribution in [0.25, 0.3) is 0 Å². The number of nitrogens with two attached hydrogens (primary N) is 1. The van der Waals surface area contributed by atoms with Gasteiger partial charge in [0.05, 0.1) is 12.0 Å². The SMILES string of the molecule is NC[C@H](C[C@@H](O)c1ccc(Cl)cc1)C(=O)O. The largest absolute Gasteiger partial charge is 0.481 e. The highest BCUT2D eigenvalue weighted by atomic mass is 35.5. The molecule has 0 spiro atoms. The first kappa shape index (κ1) is 13.0. The van der Waals surface area contributed by atoms with Crippen molar-refractivity contribution in [3.05, 3.63) is 34.9 Å². The van der Waals surface area contributed by atoms with Gasteiger partial charge in [0.25, 0.3) is 0 Å². The summed E-state index contributed by atoms with van der Waals surface area (Å²) in [5, 5.41) is 19.2. The zero-order valence-electron chi connectivity index (χ0n) is 8.64. The number of aliphatic carboxylic acids is 1. The van der Waals surface area contributed by atoms with Crippen LogP contribution in [0.5, 0.6) is 0 Å². The summed E-state index contributed by atoms with van der Waals surface area (Å²) < 4.78 is 0. The first-order chi connectivity index (χ1) is 7.54. The fraction of sp³-hybridized carbons (Fsp3) is 0.364. The van der Waals surface area contributed by atoms with Crippen LogP contribution in [0.1, 0.15) is 18.1 Å². The van der Waals surface area contributed by atoms with E-state index in [0.29, 0.717) is 10.6 Å². The quantitative estimate of drug-likeness (QED) is 0.730. The molecule has 0 radical (unpaired) electrons. The molecule has 5 heteroatoms. The number of benzene rings is 1. The van der Waals surface area contributed by atoms with Crippen molar-refractivity contribution >= 4 is 17.6 Å². The average Bonchev–Trinajstić information content (AvgIpc) is 2.26.